The summed E-state index contributed by atoms with van der Waals surface area (Å²) in [6.45, 7) is 0. The molecule has 2 atom stereocenters. The Morgan fingerprint density at radius 2 is 2.17 bits per heavy atom. The number of halogens is 1. The SMILES string of the molecule is O=C1NN=C(SCc2nc(-c3ccccc3Cl)no2)N2NC(c3ccco3)CC12. The molecule has 0 aliphatic carbocycles. The Morgan fingerprint density at radius 3 is 3.00 bits per heavy atom. The summed E-state index contributed by atoms with van der Waals surface area (Å²) in [5.41, 5.74) is 6.58. The third-order valence-corrected chi connectivity index (χ3v) is 5.90. The number of rotatable bonds is 4. The van der Waals surface area contributed by atoms with Gasteiger partial charge in [-0.05, 0) is 24.3 Å². The fraction of sp³-hybridized carbons (Fsp3) is 0.222. The Bertz CT molecular complexity index is 1070. The number of amidine groups is 1. The van der Waals surface area contributed by atoms with Gasteiger partial charge < -0.3 is 8.94 Å². The van der Waals surface area contributed by atoms with Crippen LogP contribution in [-0.4, -0.2) is 32.3 Å². The van der Waals surface area contributed by atoms with E-state index < -0.39 is 0 Å². The van der Waals surface area contributed by atoms with Crippen molar-refractivity contribution in [2.24, 2.45) is 5.10 Å². The van der Waals surface area contributed by atoms with E-state index in [2.05, 4.69) is 26.1 Å². The maximum Gasteiger partial charge on any atom is 0.264 e. The van der Waals surface area contributed by atoms with Gasteiger partial charge in [-0.2, -0.15) is 4.98 Å². The number of nitrogens with one attached hydrogen (secondary N) is 2. The van der Waals surface area contributed by atoms with Crippen molar-refractivity contribution in [2.45, 2.75) is 24.3 Å². The molecule has 29 heavy (non-hydrogen) atoms. The van der Waals surface area contributed by atoms with Crippen molar-refractivity contribution in [3.05, 3.63) is 59.3 Å². The average molecular weight is 431 g/mol. The van der Waals surface area contributed by atoms with Crippen LogP contribution >= 0.6 is 23.4 Å². The molecule has 0 spiro atoms. The Morgan fingerprint density at radius 1 is 1.28 bits per heavy atom. The van der Waals surface area contributed by atoms with Crippen LogP contribution in [-0.2, 0) is 10.5 Å². The zero-order valence-corrected chi connectivity index (χ0v) is 16.5. The van der Waals surface area contributed by atoms with Gasteiger partial charge in [0.15, 0.2) is 5.17 Å². The zero-order chi connectivity index (χ0) is 19.8. The number of amides is 1. The molecule has 0 saturated carbocycles. The molecule has 2 aliphatic rings. The van der Waals surface area contributed by atoms with Crippen LogP contribution in [0.2, 0.25) is 5.02 Å². The predicted molar refractivity (Wildman–Crippen MR) is 106 cm³/mol. The highest BCUT2D eigenvalue weighted by Crippen LogP contribution is 2.32. The predicted octanol–water partition coefficient (Wildman–Crippen LogP) is 2.94. The number of fused-ring (bicyclic) bond motifs is 1. The van der Waals surface area contributed by atoms with Crippen LogP contribution in [0.5, 0.6) is 0 Å². The molecule has 3 aromatic rings. The number of benzene rings is 1. The first-order valence-corrected chi connectivity index (χ1v) is 10.2. The topological polar surface area (TPSA) is 109 Å². The summed E-state index contributed by atoms with van der Waals surface area (Å²) in [4.78, 5) is 16.6. The number of carbonyl (C=O) groups is 1. The molecule has 2 unspecified atom stereocenters. The van der Waals surface area contributed by atoms with Crippen molar-refractivity contribution in [1.29, 1.82) is 0 Å². The number of nitrogens with zero attached hydrogens (tertiary/aromatic N) is 4. The van der Waals surface area contributed by atoms with Crippen molar-refractivity contribution in [1.82, 2.24) is 26.0 Å². The van der Waals surface area contributed by atoms with E-state index in [-0.39, 0.29) is 18.0 Å². The quantitative estimate of drug-likeness (QED) is 0.650. The Hall–Kier alpha value is -2.82. The second-order valence-electron chi connectivity index (χ2n) is 6.47. The van der Waals surface area contributed by atoms with Gasteiger partial charge in [-0.15, -0.1) is 5.10 Å². The van der Waals surface area contributed by atoms with Gasteiger partial charge in [0.05, 0.1) is 23.1 Å². The first-order valence-electron chi connectivity index (χ1n) is 8.85. The lowest BCUT2D eigenvalue weighted by Gasteiger charge is -2.28. The van der Waals surface area contributed by atoms with Gasteiger partial charge in [-0.25, -0.2) is 10.9 Å². The number of furan rings is 1. The maximum absolute atomic E-state index is 12.2. The smallest absolute Gasteiger partial charge is 0.264 e. The van der Waals surface area contributed by atoms with E-state index in [1.54, 1.807) is 17.3 Å². The van der Waals surface area contributed by atoms with E-state index in [9.17, 15) is 4.79 Å². The molecule has 9 nitrogen and oxygen atoms in total. The molecule has 0 bridgehead atoms. The number of aromatic nitrogens is 2. The van der Waals surface area contributed by atoms with Gasteiger partial charge in [0.2, 0.25) is 11.7 Å². The van der Waals surface area contributed by atoms with Gasteiger partial charge in [0.25, 0.3) is 5.91 Å². The third-order valence-electron chi connectivity index (χ3n) is 4.63. The van der Waals surface area contributed by atoms with Crippen molar-refractivity contribution >= 4 is 34.4 Å². The third kappa shape index (κ3) is 3.50. The molecule has 1 amide bonds. The van der Waals surface area contributed by atoms with E-state index in [0.717, 1.165) is 5.76 Å². The van der Waals surface area contributed by atoms with Crippen LogP contribution < -0.4 is 10.9 Å². The largest absolute Gasteiger partial charge is 0.468 e. The van der Waals surface area contributed by atoms with Crippen LogP contribution in [0.1, 0.15) is 24.1 Å². The summed E-state index contributed by atoms with van der Waals surface area (Å²) >= 11 is 7.57. The molecule has 4 heterocycles. The lowest BCUT2D eigenvalue weighted by molar-refractivity contribution is -0.125. The molecular weight excluding hydrogens is 416 g/mol. The summed E-state index contributed by atoms with van der Waals surface area (Å²) in [7, 11) is 0. The molecule has 148 valence electrons. The minimum atomic E-state index is -0.369. The van der Waals surface area contributed by atoms with Gasteiger partial charge in [-0.1, -0.05) is 40.7 Å². The fourth-order valence-electron chi connectivity index (χ4n) is 3.25. The summed E-state index contributed by atoms with van der Waals surface area (Å²) in [5.74, 6) is 1.87. The summed E-state index contributed by atoms with van der Waals surface area (Å²) in [6, 6.07) is 10.5. The molecule has 11 heteroatoms. The second kappa shape index (κ2) is 7.54. The lowest BCUT2D eigenvalue weighted by Crippen LogP contribution is -2.52. The summed E-state index contributed by atoms with van der Waals surface area (Å²) in [5, 5.41) is 11.1. The molecule has 0 radical (unpaired) electrons. The highest BCUT2D eigenvalue weighted by atomic mass is 35.5. The monoisotopic (exact) mass is 430 g/mol. The molecule has 5 rings (SSSR count). The van der Waals surface area contributed by atoms with E-state index in [1.807, 2.05) is 30.3 Å². The number of hydrazine groups is 1. The Kier molecular flexibility index (Phi) is 4.74. The zero-order valence-electron chi connectivity index (χ0n) is 14.9. The summed E-state index contributed by atoms with van der Waals surface area (Å²) in [6.07, 6.45) is 2.19. The minimum absolute atomic E-state index is 0.0973. The van der Waals surface area contributed by atoms with Gasteiger partial charge in [-0.3, -0.25) is 9.80 Å². The van der Waals surface area contributed by atoms with Crippen LogP contribution in [0.3, 0.4) is 0 Å². The highest BCUT2D eigenvalue weighted by molar-refractivity contribution is 8.13. The minimum Gasteiger partial charge on any atom is -0.468 e. The van der Waals surface area contributed by atoms with Crippen molar-refractivity contribution in [3.63, 3.8) is 0 Å². The number of carbonyl (C=O) groups excluding carboxylic acids is 1. The molecule has 1 saturated heterocycles. The fourth-order valence-corrected chi connectivity index (χ4v) is 4.27. The number of thioether (sulfide) groups is 1. The van der Waals surface area contributed by atoms with E-state index in [0.29, 0.717) is 39.6 Å². The van der Waals surface area contributed by atoms with Gasteiger partial charge >= 0.3 is 0 Å². The molecule has 1 aromatic carbocycles. The van der Waals surface area contributed by atoms with Crippen LogP contribution in [0.4, 0.5) is 0 Å². The van der Waals surface area contributed by atoms with Crippen LogP contribution in [0.25, 0.3) is 11.4 Å². The van der Waals surface area contributed by atoms with E-state index in [1.165, 1.54) is 11.8 Å². The number of hydrazone groups is 1. The first kappa shape index (κ1) is 18.2. The molecule has 1 fully saturated rings. The van der Waals surface area contributed by atoms with Crippen molar-refractivity contribution in [2.75, 3.05) is 0 Å². The molecular formula is C18H15ClN6O3S. The van der Waals surface area contributed by atoms with E-state index >= 15 is 0 Å². The lowest BCUT2D eigenvalue weighted by atomic mass is 10.1. The van der Waals surface area contributed by atoms with Gasteiger partial charge in [0.1, 0.15) is 11.8 Å². The van der Waals surface area contributed by atoms with Gasteiger partial charge in [0, 0.05) is 12.0 Å². The van der Waals surface area contributed by atoms with Crippen molar-refractivity contribution < 1.29 is 13.7 Å². The number of hydrogen-bond donors (Lipinski definition) is 2. The Labute approximate surface area is 174 Å². The normalized spacial score (nSPS) is 21.1. The average Bonchev–Trinajstić information content (AvgIpc) is 3.48. The number of hydrogen-bond acceptors (Lipinski definition) is 9. The van der Waals surface area contributed by atoms with E-state index in [4.69, 9.17) is 20.5 Å². The molecule has 2 aliphatic heterocycles. The highest BCUT2D eigenvalue weighted by Gasteiger charge is 2.42. The Balaban J connectivity index is 1.29. The second-order valence-corrected chi connectivity index (χ2v) is 7.82. The standard InChI is InChI=1S/C18H15ClN6O3S/c19-11-5-2-1-4-10(11)16-20-15(28-24-16)9-29-18-22-21-17(26)13-8-12(23-25(13)18)14-6-3-7-27-14/h1-7,12-13,23H,8-9H2,(H,21,26). The maximum atomic E-state index is 12.2. The molecule has 2 N–H and O–H groups in total. The summed E-state index contributed by atoms with van der Waals surface area (Å²) < 4.78 is 10.8. The van der Waals surface area contributed by atoms with Crippen LogP contribution in [0, 0.1) is 0 Å². The van der Waals surface area contributed by atoms with Crippen molar-refractivity contribution in [3.8, 4) is 11.4 Å². The first-order chi connectivity index (χ1) is 14.2. The molecule has 2 aromatic heterocycles. The van der Waals surface area contributed by atoms with Crippen LogP contribution in [0.15, 0.2) is 56.7 Å².